The lowest BCUT2D eigenvalue weighted by Gasteiger charge is -2.16. The third-order valence-electron chi connectivity index (χ3n) is 4.43. The number of carbonyl (C=O) groups is 1. The topological polar surface area (TPSA) is 67.8 Å². The number of nitrogens with one attached hydrogen (secondary N) is 1. The van der Waals surface area contributed by atoms with Crippen LogP contribution in [0.25, 0.3) is 0 Å². The maximum atomic E-state index is 11.1. The van der Waals surface area contributed by atoms with E-state index in [1.807, 2.05) is 43.3 Å². The minimum Gasteiger partial charge on any atom is -0.493 e. The van der Waals surface area contributed by atoms with Crippen molar-refractivity contribution in [3.8, 4) is 11.5 Å². The molecule has 29 heavy (non-hydrogen) atoms. The number of rotatable bonds is 8. The number of ether oxygens (including phenoxy) is 2. The minimum atomic E-state index is -1.05. The molecule has 5 nitrogen and oxygen atoms in total. The van der Waals surface area contributed by atoms with Crippen molar-refractivity contribution >= 4 is 23.3 Å². The van der Waals surface area contributed by atoms with Gasteiger partial charge in [0, 0.05) is 17.8 Å². The highest BCUT2D eigenvalue weighted by molar-refractivity contribution is 6.33. The van der Waals surface area contributed by atoms with Gasteiger partial charge in [-0.3, -0.25) is 0 Å². The number of benzene rings is 3. The van der Waals surface area contributed by atoms with E-state index in [1.165, 1.54) is 11.6 Å². The van der Waals surface area contributed by atoms with Gasteiger partial charge in [0.25, 0.3) is 0 Å². The normalized spacial score (nSPS) is 10.4. The summed E-state index contributed by atoms with van der Waals surface area (Å²) in [6.07, 6.45) is 0. The molecule has 3 rings (SSSR count). The number of aryl methyl sites for hydroxylation is 1. The van der Waals surface area contributed by atoms with E-state index < -0.39 is 5.97 Å². The molecule has 0 fully saturated rings. The van der Waals surface area contributed by atoms with Crippen molar-refractivity contribution < 1.29 is 19.4 Å². The van der Waals surface area contributed by atoms with E-state index in [1.54, 1.807) is 19.2 Å². The van der Waals surface area contributed by atoms with Crippen LogP contribution in [0.5, 0.6) is 11.5 Å². The zero-order valence-electron chi connectivity index (χ0n) is 16.2. The van der Waals surface area contributed by atoms with Gasteiger partial charge >= 0.3 is 5.97 Å². The van der Waals surface area contributed by atoms with Crippen LogP contribution in [0, 0.1) is 6.92 Å². The first-order valence-electron chi connectivity index (χ1n) is 9.09. The number of hydrogen-bond acceptors (Lipinski definition) is 4. The Morgan fingerprint density at radius 2 is 1.90 bits per heavy atom. The average Bonchev–Trinajstić information content (AvgIpc) is 2.70. The molecule has 6 heteroatoms. The molecule has 0 bridgehead atoms. The number of halogens is 1. The van der Waals surface area contributed by atoms with Gasteiger partial charge in [-0.2, -0.15) is 0 Å². The Balaban J connectivity index is 1.77. The quantitative estimate of drug-likeness (QED) is 0.509. The fourth-order valence-electron chi connectivity index (χ4n) is 2.98. The summed E-state index contributed by atoms with van der Waals surface area (Å²) in [6, 6.07) is 18.6. The molecule has 3 aromatic carbocycles. The molecule has 0 radical (unpaired) electrons. The number of hydrogen-bond donors (Lipinski definition) is 2. The highest BCUT2D eigenvalue weighted by atomic mass is 35.5. The standard InChI is InChI=1S/C23H22ClNO4/c1-15-5-3-6-16(11-15)14-29-22-17(7-4-8-21(22)28-2)13-25-18-9-10-19(23(26)27)20(24)12-18/h3-12,25H,13-14H2,1-2H3,(H,26,27). The van der Waals surface area contributed by atoms with Crippen molar-refractivity contribution in [2.75, 3.05) is 12.4 Å². The van der Waals surface area contributed by atoms with E-state index in [-0.39, 0.29) is 10.6 Å². The monoisotopic (exact) mass is 411 g/mol. The van der Waals surface area contributed by atoms with Crippen LogP contribution in [-0.4, -0.2) is 18.2 Å². The van der Waals surface area contributed by atoms with Crippen molar-refractivity contribution in [2.24, 2.45) is 0 Å². The second kappa shape index (κ2) is 9.34. The largest absolute Gasteiger partial charge is 0.493 e. The molecule has 3 aromatic rings. The summed E-state index contributed by atoms with van der Waals surface area (Å²) in [5.74, 6) is 0.259. The van der Waals surface area contributed by atoms with Crippen LogP contribution in [0.2, 0.25) is 5.02 Å². The second-order valence-electron chi connectivity index (χ2n) is 6.58. The number of aromatic carboxylic acids is 1. The van der Waals surface area contributed by atoms with Gasteiger partial charge in [0.1, 0.15) is 6.61 Å². The van der Waals surface area contributed by atoms with Crippen LogP contribution >= 0.6 is 11.6 Å². The SMILES string of the molecule is COc1cccc(CNc2ccc(C(=O)O)c(Cl)c2)c1OCc1cccc(C)c1. The first kappa shape index (κ1) is 20.6. The van der Waals surface area contributed by atoms with Crippen LogP contribution in [0.1, 0.15) is 27.0 Å². The van der Waals surface area contributed by atoms with Gasteiger partial charge in [-0.25, -0.2) is 4.79 Å². The molecule has 0 aliphatic carbocycles. The van der Waals surface area contributed by atoms with Crippen LogP contribution < -0.4 is 14.8 Å². The molecule has 150 valence electrons. The predicted octanol–water partition coefficient (Wildman–Crippen LogP) is 5.55. The van der Waals surface area contributed by atoms with Gasteiger partial charge in [-0.15, -0.1) is 0 Å². The molecule has 0 heterocycles. The van der Waals surface area contributed by atoms with Crippen molar-refractivity contribution in [1.29, 1.82) is 0 Å². The average molecular weight is 412 g/mol. The van der Waals surface area contributed by atoms with Gasteiger partial charge in [0.15, 0.2) is 11.5 Å². The predicted molar refractivity (Wildman–Crippen MR) is 114 cm³/mol. The van der Waals surface area contributed by atoms with Crippen molar-refractivity contribution in [3.05, 3.63) is 87.9 Å². The lowest BCUT2D eigenvalue weighted by molar-refractivity contribution is 0.0697. The molecule has 0 unspecified atom stereocenters. The van der Waals surface area contributed by atoms with Crippen LogP contribution in [0.15, 0.2) is 60.7 Å². The van der Waals surface area contributed by atoms with Crippen LogP contribution in [0.4, 0.5) is 5.69 Å². The van der Waals surface area contributed by atoms with Crippen molar-refractivity contribution in [3.63, 3.8) is 0 Å². The van der Waals surface area contributed by atoms with Crippen LogP contribution in [0.3, 0.4) is 0 Å². The smallest absolute Gasteiger partial charge is 0.337 e. The molecule has 0 atom stereocenters. The number of carboxylic acids is 1. The molecule has 0 aliphatic rings. The minimum absolute atomic E-state index is 0.0702. The zero-order valence-corrected chi connectivity index (χ0v) is 17.0. The Labute approximate surface area is 174 Å². The van der Waals surface area contributed by atoms with E-state index in [4.69, 9.17) is 26.2 Å². The van der Waals surface area contributed by atoms with Crippen LogP contribution in [-0.2, 0) is 13.2 Å². The fourth-order valence-corrected chi connectivity index (χ4v) is 3.24. The van der Waals surface area contributed by atoms with Gasteiger partial charge in [0.2, 0.25) is 0 Å². The highest BCUT2D eigenvalue weighted by Crippen LogP contribution is 2.32. The molecule has 0 saturated heterocycles. The molecule has 0 aliphatic heterocycles. The lowest BCUT2D eigenvalue weighted by atomic mass is 10.1. The fraction of sp³-hybridized carbons (Fsp3) is 0.174. The maximum Gasteiger partial charge on any atom is 0.337 e. The summed E-state index contributed by atoms with van der Waals surface area (Å²) >= 11 is 6.05. The van der Waals surface area contributed by atoms with E-state index >= 15 is 0 Å². The van der Waals surface area contributed by atoms with Gasteiger partial charge < -0.3 is 19.9 Å². The zero-order chi connectivity index (χ0) is 20.8. The first-order chi connectivity index (χ1) is 14.0. The summed E-state index contributed by atoms with van der Waals surface area (Å²) in [6.45, 7) is 2.93. The Morgan fingerprint density at radius 1 is 1.10 bits per heavy atom. The Hall–Kier alpha value is -3.18. The first-order valence-corrected chi connectivity index (χ1v) is 9.46. The molecule has 0 aromatic heterocycles. The maximum absolute atomic E-state index is 11.1. The molecule has 0 saturated carbocycles. The van der Waals surface area contributed by atoms with Gasteiger partial charge in [-0.1, -0.05) is 53.6 Å². The van der Waals surface area contributed by atoms with E-state index in [2.05, 4.69) is 11.4 Å². The van der Waals surface area contributed by atoms with Gasteiger partial charge in [-0.05, 0) is 36.8 Å². The highest BCUT2D eigenvalue weighted by Gasteiger charge is 2.12. The number of anilines is 1. The molecule has 0 amide bonds. The number of methoxy groups -OCH3 is 1. The number of carboxylic acid groups (broad SMARTS) is 1. The van der Waals surface area contributed by atoms with Crippen molar-refractivity contribution in [2.45, 2.75) is 20.1 Å². The summed E-state index contributed by atoms with van der Waals surface area (Å²) in [5.41, 5.74) is 3.95. The number of para-hydroxylation sites is 1. The summed E-state index contributed by atoms with van der Waals surface area (Å²) in [4.78, 5) is 11.1. The molecular weight excluding hydrogens is 390 g/mol. The summed E-state index contributed by atoms with van der Waals surface area (Å²) < 4.78 is 11.6. The summed E-state index contributed by atoms with van der Waals surface area (Å²) in [7, 11) is 1.61. The third kappa shape index (κ3) is 5.21. The Bertz CT molecular complexity index is 1020. The second-order valence-corrected chi connectivity index (χ2v) is 6.99. The molecule has 2 N–H and O–H groups in total. The van der Waals surface area contributed by atoms with E-state index in [9.17, 15) is 4.79 Å². The molecule has 0 spiro atoms. The van der Waals surface area contributed by atoms with Gasteiger partial charge in [0.05, 0.1) is 17.7 Å². The lowest BCUT2D eigenvalue weighted by Crippen LogP contribution is -2.06. The van der Waals surface area contributed by atoms with E-state index in [0.717, 1.165) is 11.1 Å². The van der Waals surface area contributed by atoms with E-state index in [0.29, 0.717) is 30.3 Å². The van der Waals surface area contributed by atoms with Crippen molar-refractivity contribution in [1.82, 2.24) is 0 Å². The Morgan fingerprint density at radius 3 is 2.59 bits per heavy atom. The Kier molecular flexibility index (Phi) is 6.62. The third-order valence-corrected chi connectivity index (χ3v) is 4.74. The summed E-state index contributed by atoms with van der Waals surface area (Å²) in [5, 5.41) is 12.5. The molecular formula is C23H22ClNO4.